The zero-order chi connectivity index (χ0) is 12.8. The van der Waals surface area contributed by atoms with Gasteiger partial charge < -0.3 is 9.47 Å². The summed E-state index contributed by atoms with van der Waals surface area (Å²) in [6.07, 6.45) is 3.06. The highest BCUT2D eigenvalue weighted by atomic mass is 16.5. The molecule has 0 aromatic heterocycles. The van der Waals surface area contributed by atoms with E-state index in [-0.39, 0.29) is 6.04 Å². The first-order valence-corrected chi connectivity index (χ1v) is 6.25. The summed E-state index contributed by atoms with van der Waals surface area (Å²) >= 11 is 0. The Labute approximate surface area is 108 Å². The van der Waals surface area contributed by atoms with Crippen molar-refractivity contribution in [1.82, 2.24) is 5.32 Å². The summed E-state index contributed by atoms with van der Waals surface area (Å²) in [6, 6.07) is 10.2. The summed E-state index contributed by atoms with van der Waals surface area (Å²) in [5.41, 5.74) is 0. The lowest BCUT2D eigenvalue weighted by atomic mass is 10.2. The average molecular weight is 246 g/mol. The van der Waals surface area contributed by atoms with E-state index >= 15 is 0 Å². The van der Waals surface area contributed by atoms with Crippen LogP contribution in [0.4, 0.5) is 0 Å². The number of benzene rings is 1. The molecule has 1 N–H and O–H groups in total. The predicted molar refractivity (Wildman–Crippen MR) is 68.7 cm³/mol. The minimum Gasteiger partial charge on any atom is -0.493 e. The Kier molecular flexibility index (Phi) is 4.43. The highest BCUT2D eigenvalue weighted by Gasteiger charge is 2.24. The number of para-hydroxylation sites is 2. The van der Waals surface area contributed by atoms with Crippen LogP contribution >= 0.6 is 0 Å². The fourth-order valence-electron chi connectivity index (χ4n) is 1.74. The third-order valence-corrected chi connectivity index (χ3v) is 2.90. The van der Waals surface area contributed by atoms with E-state index < -0.39 is 0 Å². The summed E-state index contributed by atoms with van der Waals surface area (Å²) in [4.78, 5) is 0. The Morgan fingerprint density at radius 3 is 2.72 bits per heavy atom. The van der Waals surface area contributed by atoms with E-state index in [0.29, 0.717) is 19.1 Å². The summed E-state index contributed by atoms with van der Waals surface area (Å²) < 4.78 is 10.8. The molecular formula is C14H18N2O2. The number of methoxy groups -OCH3 is 1. The molecule has 18 heavy (non-hydrogen) atoms. The van der Waals surface area contributed by atoms with Crippen LogP contribution in [0.1, 0.15) is 19.3 Å². The van der Waals surface area contributed by atoms with Crippen molar-refractivity contribution in [2.24, 2.45) is 0 Å². The van der Waals surface area contributed by atoms with E-state index in [0.717, 1.165) is 11.5 Å². The van der Waals surface area contributed by atoms with Crippen LogP contribution in [0.15, 0.2) is 24.3 Å². The average Bonchev–Trinajstić information content (AvgIpc) is 3.22. The zero-order valence-corrected chi connectivity index (χ0v) is 10.6. The monoisotopic (exact) mass is 246 g/mol. The maximum atomic E-state index is 9.01. The number of nitrogens with one attached hydrogen (secondary N) is 1. The zero-order valence-electron chi connectivity index (χ0n) is 10.6. The molecule has 4 nitrogen and oxygen atoms in total. The van der Waals surface area contributed by atoms with Gasteiger partial charge in [-0.15, -0.1) is 0 Å². The van der Waals surface area contributed by atoms with Crippen LogP contribution in [-0.4, -0.2) is 25.8 Å². The fourth-order valence-corrected chi connectivity index (χ4v) is 1.74. The lowest BCUT2D eigenvalue weighted by Gasteiger charge is -2.13. The Morgan fingerprint density at radius 2 is 2.11 bits per heavy atom. The molecule has 1 aliphatic carbocycles. The van der Waals surface area contributed by atoms with Gasteiger partial charge >= 0.3 is 0 Å². The lowest BCUT2D eigenvalue weighted by molar-refractivity contribution is 0.279. The van der Waals surface area contributed by atoms with Crippen LogP contribution in [-0.2, 0) is 0 Å². The predicted octanol–water partition coefficient (Wildman–Crippen LogP) is 2.11. The molecule has 96 valence electrons. The van der Waals surface area contributed by atoms with Crippen LogP contribution in [0.5, 0.6) is 11.5 Å². The van der Waals surface area contributed by atoms with Crippen LogP contribution < -0.4 is 14.8 Å². The second-order valence-corrected chi connectivity index (χ2v) is 4.41. The third-order valence-electron chi connectivity index (χ3n) is 2.90. The number of nitrogens with zero attached hydrogens (tertiary/aromatic N) is 1. The molecule has 0 heterocycles. The standard InChI is InChI=1S/C14H18N2O2/c1-17-13-4-2-3-5-14(13)18-9-8-12(10-15)16-11-6-7-11/h2-5,11-12,16H,6-9H2,1H3. The van der Waals surface area contributed by atoms with E-state index in [2.05, 4.69) is 11.4 Å². The molecule has 4 heteroatoms. The Balaban J connectivity index is 1.78. The van der Waals surface area contributed by atoms with E-state index in [9.17, 15) is 0 Å². The second kappa shape index (κ2) is 6.27. The van der Waals surface area contributed by atoms with Crippen molar-refractivity contribution in [1.29, 1.82) is 5.26 Å². The molecule has 1 unspecified atom stereocenters. The summed E-state index contributed by atoms with van der Waals surface area (Å²) in [5, 5.41) is 12.3. The number of ether oxygens (including phenoxy) is 2. The van der Waals surface area contributed by atoms with Gasteiger partial charge in [-0.1, -0.05) is 12.1 Å². The Hall–Kier alpha value is -1.73. The first-order valence-electron chi connectivity index (χ1n) is 6.25. The van der Waals surface area contributed by atoms with Crippen molar-refractivity contribution >= 4 is 0 Å². The molecule has 2 rings (SSSR count). The van der Waals surface area contributed by atoms with Crippen molar-refractivity contribution in [2.75, 3.05) is 13.7 Å². The smallest absolute Gasteiger partial charge is 0.161 e. The molecule has 1 aromatic rings. The largest absolute Gasteiger partial charge is 0.493 e. The van der Waals surface area contributed by atoms with Crippen LogP contribution in [0, 0.1) is 11.3 Å². The molecule has 1 saturated carbocycles. The molecule has 0 aliphatic heterocycles. The Morgan fingerprint density at radius 1 is 1.39 bits per heavy atom. The maximum Gasteiger partial charge on any atom is 0.161 e. The van der Waals surface area contributed by atoms with Crippen molar-refractivity contribution in [3.8, 4) is 17.6 Å². The van der Waals surface area contributed by atoms with Crippen LogP contribution in [0.2, 0.25) is 0 Å². The third kappa shape index (κ3) is 3.64. The fraction of sp³-hybridized carbons (Fsp3) is 0.500. The van der Waals surface area contributed by atoms with Gasteiger partial charge in [0.05, 0.1) is 25.8 Å². The molecule has 0 bridgehead atoms. The number of rotatable bonds is 7. The van der Waals surface area contributed by atoms with Gasteiger partial charge in [-0.25, -0.2) is 0 Å². The molecule has 1 aromatic carbocycles. The quantitative estimate of drug-likeness (QED) is 0.800. The lowest BCUT2D eigenvalue weighted by Crippen LogP contribution is -2.31. The SMILES string of the molecule is COc1ccccc1OCCC(C#N)NC1CC1. The number of hydrogen-bond donors (Lipinski definition) is 1. The van der Waals surface area contributed by atoms with E-state index in [1.165, 1.54) is 12.8 Å². The second-order valence-electron chi connectivity index (χ2n) is 4.41. The Bertz CT molecular complexity index is 424. The van der Waals surface area contributed by atoms with Gasteiger partial charge in [0.1, 0.15) is 0 Å². The number of hydrogen-bond acceptors (Lipinski definition) is 4. The van der Waals surface area contributed by atoms with Gasteiger partial charge in [0.15, 0.2) is 11.5 Å². The van der Waals surface area contributed by atoms with Gasteiger partial charge in [0.2, 0.25) is 0 Å². The number of nitriles is 1. The molecule has 1 fully saturated rings. The molecule has 0 spiro atoms. The van der Waals surface area contributed by atoms with E-state index in [1.807, 2.05) is 24.3 Å². The highest BCUT2D eigenvalue weighted by Crippen LogP contribution is 2.26. The maximum absolute atomic E-state index is 9.01. The topological polar surface area (TPSA) is 54.3 Å². The molecule has 1 aliphatic rings. The first kappa shape index (κ1) is 12.7. The van der Waals surface area contributed by atoms with Gasteiger partial charge in [-0.2, -0.15) is 5.26 Å². The van der Waals surface area contributed by atoms with Gasteiger partial charge in [0, 0.05) is 12.5 Å². The van der Waals surface area contributed by atoms with Crippen molar-refractivity contribution in [3.63, 3.8) is 0 Å². The summed E-state index contributed by atoms with van der Waals surface area (Å²) in [5.74, 6) is 1.45. The van der Waals surface area contributed by atoms with E-state index in [4.69, 9.17) is 14.7 Å². The highest BCUT2D eigenvalue weighted by molar-refractivity contribution is 5.39. The van der Waals surface area contributed by atoms with Gasteiger partial charge in [-0.3, -0.25) is 5.32 Å². The van der Waals surface area contributed by atoms with Crippen molar-refractivity contribution < 1.29 is 9.47 Å². The summed E-state index contributed by atoms with van der Waals surface area (Å²) in [6.45, 7) is 0.512. The first-order chi connectivity index (χ1) is 8.83. The normalized spacial score (nSPS) is 15.8. The van der Waals surface area contributed by atoms with Crippen LogP contribution in [0.3, 0.4) is 0 Å². The van der Waals surface area contributed by atoms with Crippen molar-refractivity contribution in [2.45, 2.75) is 31.3 Å². The van der Waals surface area contributed by atoms with Crippen molar-refractivity contribution in [3.05, 3.63) is 24.3 Å². The minimum atomic E-state index is -0.118. The summed E-state index contributed by atoms with van der Waals surface area (Å²) in [7, 11) is 1.62. The van der Waals surface area contributed by atoms with Crippen LogP contribution in [0.25, 0.3) is 0 Å². The van der Waals surface area contributed by atoms with Gasteiger partial charge in [-0.05, 0) is 25.0 Å². The molecule has 0 saturated heterocycles. The molecule has 0 radical (unpaired) electrons. The van der Waals surface area contributed by atoms with E-state index in [1.54, 1.807) is 7.11 Å². The van der Waals surface area contributed by atoms with Gasteiger partial charge in [0.25, 0.3) is 0 Å². The minimum absolute atomic E-state index is 0.118. The molecule has 1 atom stereocenters. The molecule has 0 amide bonds. The molecular weight excluding hydrogens is 228 g/mol.